The smallest absolute Gasteiger partial charge is 0.306 e. The number of benzene rings is 1. The molecule has 0 bridgehead atoms. The number of rotatable bonds is 8. The third-order valence-electron chi connectivity index (χ3n) is 3.06. The highest BCUT2D eigenvalue weighted by Crippen LogP contribution is 2.09. The normalized spacial score (nSPS) is 11.7. The van der Waals surface area contributed by atoms with E-state index in [1.807, 2.05) is 25.1 Å². The van der Waals surface area contributed by atoms with Crippen molar-refractivity contribution in [2.24, 2.45) is 0 Å². The topological polar surface area (TPSA) is 81.4 Å². The van der Waals surface area contributed by atoms with E-state index in [4.69, 9.17) is 10.5 Å². The van der Waals surface area contributed by atoms with Crippen LogP contribution in [0, 0.1) is 0 Å². The van der Waals surface area contributed by atoms with Crippen LogP contribution >= 0.6 is 0 Å². The van der Waals surface area contributed by atoms with Crippen LogP contribution in [0.2, 0.25) is 0 Å². The van der Waals surface area contributed by atoms with Crippen molar-refractivity contribution in [2.75, 3.05) is 12.3 Å². The summed E-state index contributed by atoms with van der Waals surface area (Å²) < 4.78 is 4.95. The summed E-state index contributed by atoms with van der Waals surface area (Å²) in [4.78, 5) is 23.1. The number of hydrogen-bond donors (Lipinski definition) is 2. The maximum atomic E-state index is 11.6. The van der Waals surface area contributed by atoms with Gasteiger partial charge in [0.15, 0.2) is 6.61 Å². The lowest BCUT2D eigenvalue weighted by Crippen LogP contribution is -2.35. The summed E-state index contributed by atoms with van der Waals surface area (Å²) in [6.07, 6.45) is 2.70. The van der Waals surface area contributed by atoms with Gasteiger partial charge >= 0.3 is 5.97 Å². The van der Waals surface area contributed by atoms with E-state index in [1.165, 1.54) is 0 Å². The molecule has 1 aromatic carbocycles. The first kappa shape index (κ1) is 17.0. The Balaban J connectivity index is 2.23. The van der Waals surface area contributed by atoms with Crippen molar-refractivity contribution in [3.05, 3.63) is 29.8 Å². The monoisotopic (exact) mass is 292 g/mol. The van der Waals surface area contributed by atoms with E-state index in [1.54, 1.807) is 6.07 Å². The molecule has 3 N–H and O–H groups in total. The Hall–Kier alpha value is -2.04. The quantitative estimate of drug-likeness (QED) is 0.567. The van der Waals surface area contributed by atoms with E-state index in [9.17, 15) is 9.59 Å². The third kappa shape index (κ3) is 7.34. The van der Waals surface area contributed by atoms with Gasteiger partial charge in [-0.25, -0.2) is 0 Å². The van der Waals surface area contributed by atoms with Crippen LogP contribution in [0.5, 0.6) is 0 Å². The molecule has 5 nitrogen and oxygen atoms in total. The summed E-state index contributed by atoms with van der Waals surface area (Å²) in [5, 5.41) is 2.78. The van der Waals surface area contributed by atoms with Crippen LogP contribution in [0.15, 0.2) is 24.3 Å². The largest absolute Gasteiger partial charge is 0.456 e. The van der Waals surface area contributed by atoms with Crippen LogP contribution in [0.3, 0.4) is 0 Å². The van der Waals surface area contributed by atoms with Gasteiger partial charge in [0.05, 0.1) is 0 Å². The Labute approximate surface area is 125 Å². The van der Waals surface area contributed by atoms with Crippen molar-refractivity contribution in [2.45, 2.75) is 45.6 Å². The van der Waals surface area contributed by atoms with Gasteiger partial charge in [-0.05, 0) is 37.5 Å². The second kappa shape index (κ2) is 9.00. The molecule has 0 aliphatic rings. The van der Waals surface area contributed by atoms with E-state index >= 15 is 0 Å². The number of nitrogen functional groups attached to an aromatic ring is 1. The van der Waals surface area contributed by atoms with Crippen molar-refractivity contribution >= 4 is 17.6 Å². The SMILES string of the molecule is CCCC(C)NC(=O)COC(=O)CCc1cccc(N)c1. The minimum absolute atomic E-state index is 0.105. The lowest BCUT2D eigenvalue weighted by molar-refractivity contribution is -0.148. The number of amides is 1. The zero-order valence-corrected chi connectivity index (χ0v) is 12.7. The minimum atomic E-state index is -0.379. The van der Waals surface area contributed by atoms with Crippen LogP contribution in [0.25, 0.3) is 0 Å². The summed E-state index contributed by atoms with van der Waals surface area (Å²) in [5.41, 5.74) is 7.32. The molecule has 0 aliphatic heterocycles. The predicted molar refractivity (Wildman–Crippen MR) is 82.6 cm³/mol. The van der Waals surface area contributed by atoms with E-state index in [-0.39, 0.29) is 30.9 Å². The first-order valence-corrected chi connectivity index (χ1v) is 7.30. The Morgan fingerprint density at radius 3 is 2.81 bits per heavy atom. The minimum Gasteiger partial charge on any atom is -0.456 e. The average molecular weight is 292 g/mol. The third-order valence-corrected chi connectivity index (χ3v) is 3.06. The Morgan fingerprint density at radius 1 is 1.38 bits per heavy atom. The van der Waals surface area contributed by atoms with Crippen LogP contribution in [0.1, 0.15) is 38.7 Å². The fraction of sp³-hybridized carbons (Fsp3) is 0.500. The molecule has 0 radical (unpaired) electrons. The summed E-state index contributed by atoms with van der Waals surface area (Å²) in [7, 11) is 0. The molecule has 1 unspecified atom stereocenters. The van der Waals surface area contributed by atoms with Crippen LogP contribution in [0.4, 0.5) is 5.69 Å². The number of aryl methyl sites for hydroxylation is 1. The average Bonchev–Trinajstić information content (AvgIpc) is 2.43. The lowest BCUT2D eigenvalue weighted by Gasteiger charge is -2.12. The van der Waals surface area contributed by atoms with Crippen molar-refractivity contribution in [3.63, 3.8) is 0 Å². The molecule has 0 aromatic heterocycles. The van der Waals surface area contributed by atoms with Crippen LogP contribution < -0.4 is 11.1 Å². The number of nitrogens with one attached hydrogen (secondary N) is 1. The van der Waals surface area contributed by atoms with E-state index in [2.05, 4.69) is 12.2 Å². The zero-order chi connectivity index (χ0) is 15.7. The fourth-order valence-electron chi connectivity index (χ4n) is 2.03. The predicted octanol–water partition coefficient (Wildman–Crippen LogP) is 2.05. The molecule has 21 heavy (non-hydrogen) atoms. The standard InChI is InChI=1S/C16H24N2O3/c1-3-5-12(2)18-15(19)11-21-16(20)9-8-13-6-4-7-14(17)10-13/h4,6-7,10,12H,3,5,8-9,11,17H2,1-2H3,(H,18,19). The molecule has 0 aliphatic carbocycles. The van der Waals surface area contributed by atoms with Gasteiger partial charge in [-0.2, -0.15) is 0 Å². The maximum Gasteiger partial charge on any atom is 0.306 e. The molecule has 0 heterocycles. The van der Waals surface area contributed by atoms with Crippen molar-refractivity contribution in [3.8, 4) is 0 Å². The molecule has 0 fully saturated rings. The lowest BCUT2D eigenvalue weighted by atomic mass is 10.1. The highest BCUT2D eigenvalue weighted by Gasteiger charge is 2.10. The zero-order valence-electron chi connectivity index (χ0n) is 12.7. The Morgan fingerprint density at radius 2 is 2.14 bits per heavy atom. The molecule has 0 saturated carbocycles. The molecule has 1 atom stereocenters. The summed E-state index contributed by atoms with van der Waals surface area (Å²) in [5.74, 6) is -0.635. The second-order valence-corrected chi connectivity index (χ2v) is 5.16. The van der Waals surface area contributed by atoms with Gasteiger partial charge in [0, 0.05) is 18.2 Å². The number of carbonyl (C=O) groups excluding carboxylic acids is 2. The first-order valence-electron chi connectivity index (χ1n) is 7.30. The fourth-order valence-corrected chi connectivity index (χ4v) is 2.03. The van der Waals surface area contributed by atoms with Gasteiger partial charge in [0.2, 0.25) is 0 Å². The van der Waals surface area contributed by atoms with Crippen molar-refractivity contribution in [1.82, 2.24) is 5.32 Å². The number of esters is 1. The molecule has 116 valence electrons. The molecule has 1 rings (SSSR count). The van der Waals surface area contributed by atoms with Crippen LogP contribution in [-0.4, -0.2) is 24.5 Å². The van der Waals surface area contributed by atoms with Crippen LogP contribution in [-0.2, 0) is 20.7 Å². The van der Waals surface area contributed by atoms with Crippen molar-refractivity contribution < 1.29 is 14.3 Å². The summed E-state index contributed by atoms with van der Waals surface area (Å²) >= 11 is 0. The molecule has 1 aromatic rings. The highest BCUT2D eigenvalue weighted by atomic mass is 16.5. The number of ether oxygens (including phenoxy) is 1. The molecular formula is C16H24N2O3. The van der Waals surface area contributed by atoms with Gasteiger partial charge in [0.25, 0.3) is 5.91 Å². The Bertz CT molecular complexity index is 474. The second-order valence-electron chi connectivity index (χ2n) is 5.16. The summed E-state index contributed by atoms with van der Waals surface area (Å²) in [6, 6.07) is 7.48. The first-order chi connectivity index (χ1) is 10.0. The molecule has 0 spiro atoms. The van der Waals surface area contributed by atoms with Gasteiger partial charge in [0.1, 0.15) is 0 Å². The Kier molecular flexibility index (Phi) is 7.29. The van der Waals surface area contributed by atoms with E-state index in [0.717, 1.165) is 18.4 Å². The maximum absolute atomic E-state index is 11.6. The van der Waals surface area contributed by atoms with Gasteiger partial charge in [-0.3, -0.25) is 9.59 Å². The molecule has 5 heteroatoms. The number of nitrogens with two attached hydrogens (primary N) is 1. The molecule has 1 amide bonds. The number of hydrogen-bond acceptors (Lipinski definition) is 4. The molecule has 0 saturated heterocycles. The van der Waals surface area contributed by atoms with E-state index < -0.39 is 0 Å². The number of carbonyl (C=O) groups is 2. The van der Waals surface area contributed by atoms with Gasteiger partial charge in [-0.15, -0.1) is 0 Å². The van der Waals surface area contributed by atoms with Gasteiger partial charge < -0.3 is 15.8 Å². The summed E-state index contributed by atoms with van der Waals surface area (Å²) in [6.45, 7) is 3.77. The highest BCUT2D eigenvalue weighted by molar-refractivity contribution is 5.80. The van der Waals surface area contributed by atoms with Gasteiger partial charge in [-0.1, -0.05) is 25.5 Å². The number of anilines is 1. The molecular weight excluding hydrogens is 268 g/mol. The van der Waals surface area contributed by atoms with E-state index in [0.29, 0.717) is 12.1 Å². The van der Waals surface area contributed by atoms with Crippen molar-refractivity contribution in [1.29, 1.82) is 0 Å².